The van der Waals surface area contributed by atoms with E-state index in [1.807, 2.05) is 6.92 Å². The van der Waals surface area contributed by atoms with E-state index in [0.717, 1.165) is 0 Å². The first-order valence-electron chi connectivity index (χ1n) is 5.41. The maximum absolute atomic E-state index is 11.6. The van der Waals surface area contributed by atoms with Gasteiger partial charge in [-0.25, -0.2) is 4.68 Å². The molecule has 90 valence electrons. The number of nitrogens with two attached hydrogens (primary N) is 1. The second kappa shape index (κ2) is 5.60. The standard InChI is InChI=1S/C10H19N5O/c1-7(2)8(3)12-10(16)6-15-5-9(4-11)13-14-15/h5,7-8H,4,6,11H2,1-3H3,(H,12,16). The molecular formula is C10H19N5O. The first-order chi connectivity index (χ1) is 7.52. The Morgan fingerprint density at radius 1 is 1.56 bits per heavy atom. The van der Waals surface area contributed by atoms with Gasteiger partial charge >= 0.3 is 0 Å². The Bertz CT molecular complexity index is 347. The number of nitrogens with one attached hydrogen (secondary N) is 1. The van der Waals surface area contributed by atoms with Crippen LogP contribution in [0.3, 0.4) is 0 Å². The van der Waals surface area contributed by atoms with E-state index in [1.54, 1.807) is 6.20 Å². The highest BCUT2D eigenvalue weighted by Crippen LogP contribution is 1.99. The van der Waals surface area contributed by atoms with Crippen molar-refractivity contribution in [2.24, 2.45) is 11.7 Å². The first kappa shape index (κ1) is 12.6. The molecule has 1 aromatic heterocycles. The Morgan fingerprint density at radius 3 is 2.75 bits per heavy atom. The molecule has 0 radical (unpaired) electrons. The lowest BCUT2D eigenvalue weighted by Crippen LogP contribution is -2.38. The number of rotatable bonds is 5. The van der Waals surface area contributed by atoms with Gasteiger partial charge in [-0.2, -0.15) is 0 Å². The molecule has 16 heavy (non-hydrogen) atoms. The minimum absolute atomic E-state index is 0.0605. The van der Waals surface area contributed by atoms with Gasteiger partial charge in [0.05, 0.1) is 11.9 Å². The zero-order valence-electron chi connectivity index (χ0n) is 9.97. The summed E-state index contributed by atoms with van der Waals surface area (Å²) in [4.78, 5) is 11.6. The Kier molecular flexibility index (Phi) is 4.42. The van der Waals surface area contributed by atoms with Crippen LogP contribution in [0.5, 0.6) is 0 Å². The maximum Gasteiger partial charge on any atom is 0.242 e. The molecule has 6 nitrogen and oxygen atoms in total. The molecule has 0 saturated carbocycles. The quantitative estimate of drug-likeness (QED) is 0.732. The highest BCUT2D eigenvalue weighted by molar-refractivity contribution is 5.75. The zero-order chi connectivity index (χ0) is 12.1. The minimum Gasteiger partial charge on any atom is -0.352 e. The predicted octanol–water partition coefficient (Wildman–Crippen LogP) is -0.102. The van der Waals surface area contributed by atoms with E-state index in [0.29, 0.717) is 18.2 Å². The lowest BCUT2D eigenvalue weighted by atomic mass is 10.1. The molecule has 0 aliphatic rings. The molecule has 0 aliphatic carbocycles. The van der Waals surface area contributed by atoms with Crippen molar-refractivity contribution in [2.75, 3.05) is 0 Å². The first-order valence-corrected chi connectivity index (χ1v) is 5.41. The van der Waals surface area contributed by atoms with Crippen molar-refractivity contribution in [1.29, 1.82) is 0 Å². The van der Waals surface area contributed by atoms with Gasteiger partial charge in [0, 0.05) is 12.6 Å². The number of carbonyl (C=O) groups excluding carboxylic acids is 1. The van der Waals surface area contributed by atoms with Crippen molar-refractivity contribution in [1.82, 2.24) is 20.3 Å². The summed E-state index contributed by atoms with van der Waals surface area (Å²) in [6, 6.07) is 0.157. The number of hydrogen-bond acceptors (Lipinski definition) is 4. The molecular weight excluding hydrogens is 206 g/mol. The molecule has 1 aromatic rings. The third-order valence-corrected chi connectivity index (χ3v) is 2.49. The summed E-state index contributed by atoms with van der Waals surface area (Å²) in [7, 11) is 0. The van der Waals surface area contributed by atoms with Gasteiger partial charge in [-0.3, -0.25) is 4.79 Å². The summed E-state index contributed by atoms with van der Waals surface area (Å²) in [5.74, 6) is 0.356. The normalized spacial score (nSPS) is 12.8. The largest absolute Gasteiger partial charge is 0.352 e. The number of amides is 1. The van der Waals surface area contributed by atoms with Crippen LogP contribution in [0.25, 0.3) is 0 Å². The molecule has 0 aliphatic heterocycles. The molecule has 6 heteroatoms. The van der Waals surface area contributed by atoms with Crippen LogP contribution < -0.4 is 11.1 Å². The van der Waals surface area contributed by atoms with Crippen LogP contribution >= 0.6 is 0 Å². The van der Waals surface area contributed by atoms with Crippen LogP contribution in [0.2, 0.25) is 0 Å². The molecule has 3 N–H and O–H groups in total. The van der Waals surface area contributed by atoms with Gasteiger partial charge in [-0.15, -0.1) is 5.10 Å². The van der Waals surface area contributed by atoms with Crippen molar-refractivity contribution in [3.8, 4) is 0 Å². The monoisotopic (exact) mass is 225 g/mol. The summed E-state index contributed by atoms with van der Waals surface area (Å²) in [5, 5.41) is 10.5. The number of nitrogens with zero attached hydrogens (tertiary/aromatic N) is 3. The fraction of sp³-hybridized carbons (Fsp3) is 0.700. The minimum atomic E-state index is -0.0605. The fourth-order valence-electron chi connectivity index (χ4n) is 1.12. The van der Waals surface area contributed by atoms with Crippen LogP contribution in [0.15, 0.2) is 6.20 Å². The molecule has 1 rings (SSSR count). The molecule has 0 bridgehead atoms. The van der Waals surface area contributed by atoms with Crippen LogP contribution in [0.1, 0.15) is 26.5 Å². The van der Waals surface area contributed by atoms with Gasteiger partial charge in [0.25, 0.3) is 0 Å². The smallest absolute Gasteiger partial charge is 0.242 e. The second-order valence-corrected chi connectivity index (χ2v) is 4.21. The Hall–Kier alpha value is -1.43. The predicted molar refractivity (Wildman–Crippen MR) is 60.4 cm³/mol. The topological polar surface area (TPSA) is 85.8 Å². The SMILES string of the molecule is CC(C)C(C)NC(=O)Cn1cc(CN)nn1. The van der Waals surface area contributed by atoms with Crippen molar-refractivity contribution >= 4 is 5.91 Å². The van der Waals surface area contributed by atoms with Gasteiger partial charge in [0.2, 0.25) is 5.91 Å². The lowest BCUT2D eigenvalue weighted by Gasteiger charge is -2.17. The van der Waals surface area contributed by atoms with Gasteiger partial charge < -0.3 is 11.1 Å². The second-order valence-electron chi connectivity index (χ2n) is 4.21. The van der Waals surface area contributed by atoms with E-state index >= 15 is 0 Å². The summed E-state index contributed by atoms with van der Waals surface area (Å²) < 4.78 is 1.49. The third-order valence-electron chi connectivity index (χ3n) is 2.49. The van der Waals surface area contributed by atoms with Crippen LogP contribution in [0.4, 0.5) is 0 Å². The number of hydrogen-bond donors (Lipinski definition) is 2. The van der Waals surface area contributed by atoms with E-state index in [1.165, 1.54) is 4.68 Å². The van der Waals surface area contributed by atoms with Crippen LogP contribution in [0, 0.1) is 5.92 Å². The molecule has 1 atom stereocenters. The molecule has 0 spiro atoms. The van der Waals surface area contributed by atoms with E-state index in [4.69, 9.17) is 5.73 Å². The molecule has 1 heterocycles. The molecule has 1 unspecified atom stereocenters. The van der Waals surface area contributed by atoms with Crippen molar-refractivity contribution in [3.05, 3.63) is 11.9 Å². The summed E-state index contributed by atoms with van der Waals surface area (Å²) >= 11 is 0. The van der Waals surface area contributed by atoms with E-state index in [9.17, 15) is 4.79 Å². The highest BCUT2D eigenvalue weighted by atomic mass is 16.2. The van der Waals surface area contributed by atoms with Gasteiger partial charge in [0.1, 0.15) is 6.54 Å². The fourth-order valence-corrected chi connectivity index (χ4v) is 1.12. The molecule has 0 aromatic carbocycles. The van der Waals surface area contributed by atoms with Crippen molar-refractivity contribution in [2.45, 2.75) is 39.9 Å². The van der Waals surface area contributed by atoms with E-state index < -0.39 is 0 Å². The Balaban J connectivity index is 2.45. The van der Waals surface area contributed by atoms with Gasteiger partial charge in [-0.05, 0) is 12.8 Å². The number of aromatic nitrogens is 3. The molecule has 1 amide bonds. The van der Waals surface area contributed by atoms with Gasteiger partial charge in [-0.1, -0.05) is 19.1 Å². The van der Waals surface area contributed by atoms with Crippen molar-refractivity contribution < 1.29 is 4.79 Å². The van der Waals surface area contributed by atoms with Crippen molar-refractivity contribution in [3.63, 3.8) is 0 Å². The Morgan fingerprint density at radius 2 is 2.25 bits per heavy atom. The summed E-state index contributed by atoms with van der Waals surface area (Å²) in [5.41, 5.74) is 6.08. The average molecular weight is 225 g/mol. The lowest BCUT2D eigenvalue weighted by molar-refractivity contribution is -0.122. The summed E-state index contributed by atoms with van der Waals surface area (Å²) in [6.45, 7) is 6.63. The average Bonchev–Trinajstić information content (AvgIpc) is 2.65. The summed E-state index contributed by atoms with van der Waals surface area (Å²) in [6.07, 6.45) is 1.68. The van der Waals surface area contributed by atoms with E-state index in [2.05, 4.69) is 29.5 Å². The van der Waals surface area contributed by atoms with Crippen LogP contribution in [-0.2, 0) is 17.9 Å². The molecule has 0 fully saturated rings. The third kappa shape index (κ3) is 3.62. The zero-order valence-corrected chi connectivity index (χ0v) is 9.97. The van der Waals surface area contributed by atoms with Gasteiger partial charge in [0.15, 0.2) is 0 Å². The number of carbonyl (C=O) groups is 1. The molecule has 0 saturated heterocycles. The Labute approximate surface area is 95.2 Å². The highest BCUT2D eigenvalue weighted by Gasteiger charge is 2.11. The maximum atomic E-state index is 11.6. The van der Waals surface area contributed by atoms with Crippen LogP contribution in [-0.4, -0.2) is 26.9 Å². The van der Waals surface area contributed by atoms with E-state index in [-0.39, 0.29) is 18.5 Å².